The lowest BCUT2D eigenvalue weighted by molar-refractivity contribution is -0.146. The van der Waals surface area contributed by atoms with Crippen molar-refractivity contribution in [3.8, 4) is 0 Å². The van der Waals surface area contributed by atoms with Crippen LogP contribution >= 0.6 is 11.8 Å². The second-order valence-electron chi connectivity index (χ2n) is 10.8. The zero-order valence-electron chi connectivity index (χ0n) is 20.4. The summed E-state index contributed by atoms with van der Waals surface area (Å²) >= 11 is 1.61. The van der Waals surface area contributed by atoms with Gasteiger partial charge in [0.2, 0.25) is 17.7 Å². The van der Waals surface area contributed by atoms with Gasteiger partial charge in [-0.25, -0.2) is 0 Å². The first-order chi connectivity index (χ1) is 15.5. The number of aliphatic hydroxyl groups excluding tert-OH is 1. The number of hydrogen-bond donors (Lipinski definition) is 1. The molecule has 0 radical (unpaired) electrons. The van der Waals surface area contributed by atoms with Crippen molar-refractivity contribution in [3.05, 3.63) is 24.3 Å². The summed E-state index contributed by atoms with van der Waals surface area (Å²) in [5, 5.41) is 9.49. The van der Waals surface area contributed by atoms with E-state index in [0.29, 0.717) is 32.6 Å². The first-order valence-corrected chi connectivity index (χ1v) is 12.9. The SMILES string of the molecule is CCCN1CC=C[C@@]2(C)S[C@]34C=CCN(C(C)(C)C)C(=O)C3N(CCCO)C(=O)[C@@H]4[C@H]2C1=O. The van der Waals surface area contributed by atoms with Crippen LogP contribution in [0.4, 0.5) is 0 Å². The Morgan fingerprint density at radius 1 is 1.03 bits per heavy atom. The van der Waals surface area contributed by atoms with Crippen LogP contribution < -0.4 is 0 Å². The van der Waals surface area contributed by atoms with Crippen molar-refractivity contribution < 1.29 is 19.5 Å². The lowest BCUT2D eigenvalue weighted by Crippen LogP contribution is -2.57. The number of thioether (sulfide) groups is 1. The van der Waals surface area contributed by atoms with Gasteiger partial charge in [0.05, 0.1) is 16.6 Å². The monoisotopic (exact) mass is 475 g/mol. The van der Waals surface area contributed by atoms with Gasteiger partial charge >= 0.3 is 0 Å². The van der Waals surface area contributed by atoms with Crippen molar-refractivity contribution >= 4 is 29.5 Å². The van der Waals surface area contributed by atoms with Crippen LogP contribution in [-0.2, 0) is 14.4 Å². The van der Waals surface area contributed by atoms with E-state index in [2.05, 4.69) is 12.2 Å². The Labute approximate surface area is 201 Å². The van der Waals surface area contributed by atoms with Crippen molar-refractivity contribution in [3.63, 3.8) is 0 Å². The number of carbonyl (C=O) groups excluding carboxylic acids is 3. The molecule has 182 valence electrons. The quantitative estimate of drug-likeness (QED) is 0.616. The van der Waals surface area contributed by atoms with Crippen LogP contribution in [0.5, 0.6) is 0 Å². The second kappa shape index (κ2) is 8.45. The summed E-state index contributed by atoms with van der Waals surface area (Å²) < 4.78 is -1.37. The molecule has 4 aliphatic rings. The summed E-state index contributed by atoms with van der Waals surface area (Å²) in [6.45, 7) is 12.0. The van der Waals surface area contributed by atoms with Gasteiger partial charge in [-0.1, -0.05) is 31.2 Å². The molecule has 0 aromatic rings. The van der Waals surface area contributed by atoms with Crippen LogP contribution in [0.1, 0.15) is 47.5 Å². The van der Waals surface area contributed by atoms with Gasteiger partial charge in [-0.15, -0.1) is 11.8 Å². The van der Waals surface area contributed by atoms with Crippen LogP contribution in [0, 0.1) is 11.8 Å². The number of aliphatic hydroxyl groups is 1. The third-order valence-corrected chi connectivity index (χ3v) is 9.30. The maximum Gasteiger partial charge on any atom is 0.247 e. The van der Waals surface area contributed by atoms with Crippen molar-refractivity contribution in [2.75, 3.05) is 32.8 Å². The van der Waals surface area contributed by atoms with E-state index in [1.807, 2.05) is 56.6 Å². The lowest BCUT2D eigenvalue weighted by Gasteiger charge is -2.41. The van der Waals surface area contributed by atoms with Crippen LogP contribution in [0.3, 0.4) is 0 Å². The molecule has 2 fully saturated rings. The summed E-state index contributed by atoms with van der Waals surface area (Å²) in [5.74, 6) is -1.33. The molecule has 4 rings (SSSR count). The first kappa shape index (κ1) is 24.3. The predicted octanol–water partition coefficient (Wildman–Crippen LogP) is 2.06. The molecule has 0 bridgehead atoms. The minimum absolute atomic E-state index is 0.00704. The summed E-state index contributed by atoms with van der Waals surface area (Å²) in [7, 11) is 0. The van der Waals surface area contributed by atoms with Gasteiger partial charge in [0.25, 0.3) is 0 Å². The smallest absolute Gasteiger partial charge is 0.247 e. The van der Waals surface area contributed by atoms with Crippen LogP contribution in [-0.4, -0.2) is 91.4 Å². The number of rotatable bonds is 5. The molecular weight excluding hydrogens is 438 g/mol. The fourth-order valence-corrected chi connectivity index (χ4v) is 8.29. The fraction of sp³-hybridized carbons (Fsp3) is 0.720. The highest BCUT2D eigenvalue weighted by atomic mass is 32.2. The van der Waals surface area contributed by atoms with E-state index in [0.717, 1.165) is 6.42 Å². The van der Waals surface area contributed by atoms with E-state index in [-0.39, 0.29) is 24.3 Å². The van der Waals surface area contributed by atoms with Gasteiger partial charge in [0, 0.05) is 43.1 Å². The number of likely N-dealkylation sites (tertiary alicyclic amines) is 1. The van der Waals surface area contributed by atoms with Crippen LogP contribution in [0.25, 0.3) is 0 Å². The Kier molecular flexibility index (Phi) is 6.23. The first-order valence-electron chi connectivity index (χ1n) is 12.1. The highest BCUT2D eigenvalue weighted by Gasteiger charge is 2.74. The number of amides is 3. The van der Waals surface area contributed by atoms with Gasteiger partial charge in [-0.05, 0) is 40.5 Å². The van der Waals surface area contributed by atoms with E-state index in [9.17, 15) is 19.5 Å². The number of hydrogen-bond acceptors (Lipinski definition) is 5. The topological polar surface area (TPSA) is 81.2 Å². The average Bonchev–Trinajstić information content (AvgIpc) is 2.99. The van der Waals surface area contributed by atoms with E-state index in [1.54, 1.807) is 16.7 Å². The standard InChI is InChI=1S/C25H37N3O4S/c1-6-12-26-13-7-10-24(5)17(20(26)30)18-21(31)27(14-9-16-29)19-22(32)28(23(2,3)4)15-8-11-25(18,19)33-24/h7-8,10-11,17-19,29H,6,9,12-16H2,1-5H3/t17-,18-,19?,24+,25-/m0/s1. The molecule has 33 heavy (non-hydrogen) atoms. The Morgan fingerprint density at radius 2 is 1.73 bits per heavy atom. The van der Waals surface area contributed by atoms with E-state index in [1.165, 1.54) is 0 Å². The maximum absolute atomic E-state index is 14.1. The molecule has 4 aliphatic heterocycles. The molecule has 1 unspecified atom stereocenters. The molecule has 3 amide bonds. The van der Waals surface area contributed by atoms with E-state index >= 15 is 0 Å². The Bertz CT molecular complexity index is 897. The Hall–Kier alpha value is -1.80. The van der Waals surface area contributed by atoms with Crippen LogP contribution in [0.2, 0.25) is 0 Å². The molecule has 5 atom stereocenters. The van der Waals surface area contributed by atoms with E-state index < -0.39 is 32.9 Å². The molecule has 1 spiro atoms. The van der Waals surface area contributed by atoms with Gasteiger partial charge < -0.3 is 19.8 Å². The minimum Gasteiger partial charge on any atom is -0.396 e. The van der Waals surface area contributed by atoms with Crippen LogP contribution in [0.15, 0.2) is 24.3 Å². The molecule has 0 aromatic carbocycles. The molecule has 2 saturated heterocycles. The third-order valence-electron chi connectivity index (χ3n) is 7.50. The van der Waals surface area contributed by atoms with Crippen molar-refractivity contribution in [2.45, 2.75) is 68.5 Å². The molecule has 0 aliphatic carbocycles. The Balaban J connectivity index is 1.86. The molecule has 1 N–H and O–H groups in total. The molecule has 7 nitrogen and oxygen atoms in total. The van der Waals surface area contributed by atoms with E-state index in [4.69, 9.17) is 0 Å². The van der Waals surface area contributed by atoms with Crippen molar-refractivity contribution in [2.24, 2.45) is 11.8 Å². The minimum atomic E-state index is -0.807. The molecule has 0 saturated carbocycles. The number of carbonyl (C=O) groups is 3. The third kappa shape index (κ3) is 3.64. The fourth-order valence-electron chi connectivity index (χ4n) is 6.13. The molecule has 4 heterocycles. The normalized spacial score (nSPS) is 36.1. The van der Waals surface area contributed by atoms with Gasteiger partial charge in [-0.2, -0.15) is 0 Å². The molecule has 0 aromatic heterocycles. The average molecular weight is 476 g/mol. The summed E-state index contributed by atoms with van der Waals surface area (Å²) in [6.07, 6.45) is 9.46. The molecule has 8 heteroatoms. The number of nitrogens with zero attached hydrogens (tertiary/aromatic N) is 3. The maximum atomic E-state index is 14.1. The summed E-state index contributed by atoms with van der Waals surface area (Å²) in [5.41, 5.74) is -0.401. The lowest BCUT2D eigenvalue weighted by atomic mass is 9.74. The van der Waals surface area contributed by atoms with Crippen molar-refractivity contribution in [1.82, 2.24) is 14.7 Å². The molecular formula is C25H37N3O4S. The van der Waals surface area contributed by atoms with Crippen molar-refractivity contribution in [1.29, 1.82) is 0 Å². The summed E-state index contributed by atoms with van der Waals surface area (Å²) in [4.78, 5) is 47.3. The second-order valence-corrected chi connectivity index (χ2v) is 12.6. The number of fused-ring (bicyclic) bond motifs is 2. The van der Waals surface area contributed by atoms with Gasteiger partial charge in [0.15, 0.2) is 0 Å². The highest BCUT2D eigenvalue weighted by molar-refractivity contribution is 8.02. The summed E-state index contributed by atoms with van der Waals surface area (Å²) in [6, 6.07) is -0.686. The zero-order chi connectivity index (χ0) is 24.2. The zero-order valence-corrected chi connectivity index (χ0v) is 21.2. The van der Waals surface area contributed by atoms with Gasteiger partial charge in [-0.3, -0.25) is 14.4 Å². The Morgan fingerprint density at radius 3 is 2.36 bits per heavy atom. The van der Waals surface area contributed by atoms with Gasteiger partial charge in [0.1, 0.15) is 6.04 Å². The highest BCUT2D eigenvalue weighted by Crippen LogP contribution is 2.65. The largest absolute Gasteiger partial charge is 0.396 e. The predicted molar refractivity (Wildman–Crippen MR) is 130 cm³/mol.